The number of fused-ring (bicyclic) bond motifs is 1. The van der Waals surface area contributed by atoms with Crippen LogP contribution in [0.15, 0.2) is 46.9 Å². The number of benzene rings is 2. The molecule has 0 radical (unpaired) electrons. The standard InChI is InChI=1S/C23H18Cl2N2O5S/c1-33(30,31)27-11-12-3-2-4-13(7-12)14-8-18(28)20-19(9-14)32-23(21(20)26)22(29)16-6-5-15(24)10-17(16)25/h2-7,9-10,27H,8,11,26H2,1H3. The van der Waals surface area contributed by atoms with Gasteiger partial charge in [0, 0.05) is 23.6 Å². The highest BCUT2D eigenvalue weighted by atomic mass is 35.5. The van der Waals surface area contributed by atoms with Crippen LogP contribution in [-0.4, -0.2) is 26.2 Å². The van der Waals surface area contributed by atoms with Crippen molar-refractivity contribution in [3.05, 3.63) is 86.3 Å². The number of sulfonamides is 1. The van der Waals surface area contributed by atoms with Crippen LogP contribution >= 0.6 is 23.2 Å². The van der Waals surface area contributed by atoms with E-state index in [4.69, 9.17) is 33.4 Å². The molecule has 1 aliphatic carbocycles. The quantitative estimate of drug-likeness (QED) is 0.474. The van der Waals surface area contributed by atoms with Crippen LogP contribution in [0, 0.1) is 0 Å². The minimum absolute atomic E-state index is 0.0348. The van der Waals surface area contributed by atoms with Gasteiger partial charge in [0.25, 0.3) is 0 Å². The van der Waals surface area contributed by atoms with Crippen molar-refractivity contribution in [1.82, 2.24) is 4.72 Å². The SMILES string of the molecule is CS(=O)(=O)NCc1cccc(C2=Cc3oc(C(=O)c4ccc(Cl)cc4Cl)c(N)c3C(=O)C2)c1. The molecule has 0 amide bonds. The predicted molar refractivity (Wildman–Crippen MR) is 128 cm³/mol. The lowest BCUT2D eigenvalue weighted by molar-refractivity contribution is 0.0991. The smallest absolute Gasteiger partial charge is 0.231 e. The molecule has 170 valence electrons. The van der Waals surface area contributed by atoms with E-state index in [1.54, 1.807) is 30.3 Å². The number of carbonyl (C=O) groups is 2. The van der Waals surface area contributed by atoms with Crippen LogP contribution in [0.2, 0.25) is 10.0 Å². The first-order valence-corrected chi connectivity index (χ1v) is 12.4. The molecular weight excluding hydrogens is 487 g/mol. The van der Waals surface area contributed by atoms with Crippen LogP contribution in [0.5, 0.6) is 0 Å². The zero-order valence-electron chi connectivity index (χ0n) is 17.3. The maximum Gasteiger partial charge on any atom is 0.231 e. The van der Waals surface area contributed by atoms with E-state index in [0.717, 1.165) is 17.4 Å². The number of carbonyl (C=O) groups excluding carboxylic acids is 2. The number of nitrogens with one attached hydrogen (secondary N) is 1. The molecule has 2 aromatic carbocycles. The third-order valence-corrected chi connectivity index (χ3v) is 6.34. The van der Waals surface area contributed by atoms with Gasteiger partial charge in [-0.2, -0.15) is 0 Å². The Morgan fingerprint density at radius 3 is 2.64 bits per heavy atom. The van der Waals surface area contributed by atoms with Gasteiger partial charge >= 0.3 is 0 Å². The summed E-state index contributed by atoms with van der Waals surface area (Å²) in [5, 5.41) is 0.517. The molecule has 7 nitrogen and oxygen atoms in total. The van der Waals surface area contributed by atoms with Gasteiger partial charge in [0.15, 0.2) is 11.5 Å². The van der Waals surface area contributed by atoms with Gasteiger partial charge in [0.05, 0.1) is 22.5 Å². The maximum absolute atomic E-state index is 13.0. The number of nitrogen functional groups attached to an aromatic ring is 1. The van der Waals surface area contributed by atoms with E-state index in [9.17, 15) is 18.0 Å². The Morgan fingerprint density at radius 2 is 1.94 bits per heavy atom. The summed E-state index contributed by atoms with van der Waals surface area (Å²) in [6, 6.07) is 11.6. The molecule has 0 bridgehead atoms. The molecule has 3 aromatic rings. The van der Waals surface area contributed by atoms with E-state index in [1.165, 1.54) is 18.2 Å². The van der Waals surface area contributed by atoms with Crippen molar-refractivity contribution in [3.63, 3.8) is 0 Å². The number of allylic oxidation sites excluding steroid dienone is 1. The summed E-state index contributed by atoms with van der Waals surface area (Å²) in [6.45, 7) is 0.118. The summed E-state index contributed by atoms with van der Waals surface area (Å²) >= 11 is 12.0. The minimum atomic E-state index is -3.34. The Kier molecular flexibility index (Phi) is 6.20. The number of furan rings is 1. The molecule has 33 heavy (non-hydrogen) atoms. The van der Waals surface area contributed by atoms with Gasteiger partial charge in [0.1, 0.15) is 5.76 Å². The molecule has 10 heteroatoms. The topological polar surface area (TPSA) is 119 Å². The second-order valence-corrected chi connectivity index (χ2v) is 10.3. The Bertz CT molecular complexity index is 1440. The van der Waals surface area contributed by atoms with E-state index < -0.39 is 15.8 Å². The molecule has 0 saturated heterocycles. The van der Waals surface area contributed by atoms with Crippen LogP contribution in [0.3, 0.4) is 0 Å². The second kappa shape index (κ2) is 8.79. The molecule has 3 N–H and O–H groups in total. The number of rotatable bonds is 6. The molecule has 0 unspecified atom stereocenters. The Labute approximate surface area is 200 Å². The number of halogens is 2. The number of Topliss-reactive ketones (excluding diaryl/α,β-unsaturated/α-hetero) is 1. The average molecular weight is 505 g/mol. The van der Waals surface area contributed by atoms with E-state index >= 15 is 0 Å². The molecule has 0 saturated carbocycles. The second-order valence-electron chi connectivity index (χ2n) is 7.60. The van der Waals surface area contributed by atoms with Crippen molar-refractivity contribution < 1.29 is 22.4 Å². The van der Waals surface area contributed by atoms with Gasteiger partial charge in [0.2, 0.25) is 15.8 Å². The van der Waals surface area contributed by atoms with Crippen LogP contribution in [0.4, 0.5) is 5.69 Å². The van der Waals surface area contributed by atoms with Crippen molar-refractivity contribution in [2.45, 2.75) is 13.0 Å². The summed E-state index contributed by atoms with van der Waals surface area (Å²) < 4.78 is 30.9. The highest BCUT2D eigenvalue weighted by molar-refractivity contribution is 7.88. The zero-order chi connectivity index (χ0) is 23.9. The van der Waals surface area contributed by atoms with Crippen LogP contribution < -0.4 is 10.5 Å². The molecule has 0 spiro atoms. The normalized spacial score (nSPS) is 13.5. The number of hydrogen-bond donors (Lipinski definition) is 2. The zero-order valence-corrected chi connectivity index (χ0v) is 19.6. The first kappa shape index (κ1) is 23.3. The van der Waals surface area contributed by atoms with Gasteiger partial charge in [-0.3, -0.25) is 9.59 Å². The lowest BCUT2D eigenvalue weighted by atomic mass is 9.90. The highest BCUT2D eigenvalue weighted by Gasteiger charge is 2.31. The Hall–Kier alpha value is -2.91. The highest BCUT2D eigenvalue weighted by Crippen LogP contribution is 2.38. The van der Waals surface area contributed by atoms with E-state index in [2.05, 4.69) is 4.72 Å². The lowest BCUT2D eigenvalue weighted by Gasteiger charge is -2.13. The van der Waals surface area contributed by atoms with Gasteiger partial charge in [-0.15, -0.1) is 0 Å². The fourth-order valence-electron chi connectivity index (χ4n) is 3.57. The van der Waals surface area contributed by atoms with Gasteiger partial charge in [-0.25, -0.2) is 13.1 Å². The summed E-state index contributed by atoms with van der Waals surface area (Å²) in [5.41, 5.74) is 8.51. The molecule has 1 heterocycles. The first-order valence-electron chi connectivity index (χ1n) is 9.73. The molecule has 0 fully saturated rings. The number of hydrogen-bond acceptors (Lipinski definition) is 6. The fraction of sp³-hybridized carbons (Fsp3) is 0.130. The van der Waals surface area contributed by atoms with Gasteiger partial charge < -0.3 is 10.2 Å². The van der Waals surface area contributed by atoms with Crippen molar-refractivity contribution in [1.29, 1.82) is 0 Å². The molecule has 1 aliphatic rings. The summed E-state index contributed by atoms with van der Waals surface area (Å²) in [6.07, 6.45) is 2.80. The number of nitrogens with two attached hydrogens (primary N) is 1. The largest absolute Gasteiger partial charge is 0.450 e. The summed E-state index contributed by atoms with van der Waals surface area (Å²) in [7, 11) is -3.34. The van der Waals surface area contributed by atoms with Crippen LogP contribution in [-0.2, 0) is 16.6 Å². The lowest BCUT2D eigenvalue weighted by Crippen LogP contribution is -2.21. The van der Waals surface area contributed by atoms with Gasteiger partial charge in [-0.1, -0.05) is 47.5 Å². The summed E-state index contributed by atoms with van der Waals surface area (Å²) in [4.78, 5) is 25.9. The number of anilines is 1. The molecule has 4 rings (SSSR count). The molecular formula is C23H18Cl2N2O5S. The van der Waals surface area contributed by atoms with Gasteiger partial charge in [-0.05, 0) is 41.0 Å². The monoisotopic (exact) mass is 504 g/mol. The van der Waals surface area contributed by atoms with Crippen LogP contribution in [0.25, 0.3) is 11.6 Å². The summed E-state index contributed by atoms with van der Waals surface area (Å²) in [5.74, 6) is -0.821. The van der Waals surface area contributed by atoms with Crippen molar-refractivity contribution in [3.8, 4) is 0 Å². The Morgan fingerprint density at radius 1 is 1.18 bits per heavy atom. The first-order chi connectivity index (χ1) is 15.5. The predicted octanol–water partition coefficient (Wildman–Crippen LogP) is 4.58. The third-order valence-electron chi connectivity index (χ3n) is 5.13. The molecule has 0 atom stereocenters. The Balaban J connectivity index is 1.70. The maximum atomic E-state index is 13.0. The fourth-order valence-corrected chi connectivity index (χ4v) is 4.49. The van der Waals surface area contributed by atoms with E-state index in [0.29, 0.717) is 10.6 Å². The van der Waals surface area contributed by atoms with Crippen molar-refractivity contribution in [2.75, 3.05) is 12.0 Å². The minimum Gasteiger partial charge on any atom is -0.450 e. The molecule has 0 aliphatic heterocycles. The van der Waals surface area contributed by atoms with Crippen molar-refractivity contribution >= 4 is 62.1 Å². The van der Waals surface area contributed by atoms with E-state index in [1.807, 2.05) is 0 Å². The van der Waals surface area contributed by atoms with Crippen LogP contribution in [0.1, 0.15) is 49.8 Å². The third kappa shape index (κ3) is 4.89. The average Bonchev–Trinajstić information content (AvgIpc) is 3.08. The number of ketones is 2. The molecule has 1 aromatic heterocycles. The van der Waals surface area contributed by atoms with Crippen molar-refractivity contribution in [2.24, 2.45) is 0 Å². The van der Waals surface area contributed by atoms with E-state index in [-0.39, 0.29) is 52.1 Å².